The Morgan fingerprint density at radius 1 is 1.29 bits per heavy atom. The monoisotopic (exact) mass is 355 g/mol. The molecule has 1 saturated carbocycles. The number of carbonyl (C=O) groups is 1. The summed E-state index contributed by atoms with van der Waals surface area (Å²) in [6, 6.07) is 6.08. The molecule has 3 atom stereocenters. The van der Waals surface area contributed by atoms with Crippen molar-refractivity contribution < 1.29 is 18.3 Å². The molecule has 0 bridgehead atoms. The molecule has 8 heteroatoms. The third-order valence-electron chi connectivity index (χ3n) is 4.40. The zero-order valence-electron chi connectivity index (χ0n) is 14.0. The maximum atomic E-state index is 12.2. The number of aliphatic hydroxyl groups is 1. The van der Waals surface area contributed by atoms with Crippen LogP contribution < -0.4 is 11.1 Å². The van der Waals surface area contributed by atoms with E-state index in [0.717, 1.165) is 9.87 Å². The number of carbonyl (C=O) groups excluding carboxylic acids is 1. The molecule has 7 nitrogen and oxygen atoms in total. The van der Waals surface area contributed by atoms with Gasteiger partial charge in [-0.25, -0.2) is 12.7 Å². The van der Waals surface area contributed by atoms with Crippen LogP contribution >= 0.6 is 0 Å². The molecule has 1 aliphatic carbocycles. The second kappa shape index (κ2) is 7.60. The molecule has 1 amide bonds. The summed E-state index contributed by atoms with van der Waals surface area (Å²) in [5, 5.41) is 12.5. The van der Waals surface area contributed by atoms with E-state index in [9.17, 15) is 18.3 Å². The minimum Gasteiger partial charge on any atom is -0.392 e. The number of sulfonamides is 1. The molecule has 0 spiro atoms. The van der Waals surface area contributed by atoms with Crippen molar-refractivity contribution in [3.63, 3.8) is 0 Å². The SMILES string of the molecule is CN(C)S(=O)(=O)c1ccc(CNC(=O)[C@H]2CC[C@@H](O)[C@H](N)C2)cc1. The highest BCUT2D eigenvalue weighted by Crippen LogP contribution is 2.24. The number of nitrogens with one attached hydrogen (secondary N) is 1. The molecule has 1 aromatic carbocycles. The smallest absolute Gasteiger partial charge is 0.242 e. The van der Waals surface area contributed by atoms with E-state index in [-0.39, 0.29) is 22.8 Å². The van der Waals surface area contributed by atoms with Gasteiger partial charge in [0, 0.05) is 32.6 Å². The zero-order chi connectivity index (χ0) is 17.9. The average molecular weight is 355 g/mol. The lowest BCUT2D eigenvalue weighted by Crippen LogP contribution is -2.44. The van der Waals surface area contributed by atoms with Gasteiger partial charge in [0.15, 0.2) is 0 Å². The summed E-state index contributed by atoms with van der Waals surface area (Å²) in [7, 11) is -0.482. The number of benzene rings is 1. The van der Waals surface area contributed by atoms with E-state index in [4.69, 9.17) is 5.73 Å². The Hall–Kier alpha value is -1.48. The summed E-state index contributed by atoms with van der Waals surface area (Å²) in [6.07, 6.45) is 1.12. The maximum Gasteiger partial charge on any atom is 0.242 e. The molecule has 0 saturated heterocycles. The first-order valence-electron chi connectivity index (χ1n) is 7.94. The van der Waals surface area contributed by atoms with Crippen LogP contribution in [0.1, 0.15) is 24.8 Å². The van der Waals surface area contributed by atoms with E-state index in [1.165, 1.54) is 26.2 Å². The summed E-state index contributed by atoms with van der Waals surface area (Å²) in [5.74, 6) is -0.265. The molecular formula is C16H25N3O4S. The summed E-state index contributed by atoms with van der Waals surface area (Å²) in [6.45, 7) is 0.329. The highest BCUT2D eigenvalue weighted by molar-refractivity contribution is 7.89. The van der Waals surface area contributed by atoms with Gasteiger partial charge in [0.25, 0.3) is 0 Å². The van der Waals surface area contributed by atoms with Gasteiger partial charge in [-0.1, -0.05) is 12.1 Å². The van der Waals surface area contributed by atoms with Gasteiger partial charge in [-0.15, -0.1) is 0 Å². The first-order chi connectivity index (χ1) is 11.2. The van der Waals surface area contributed by atoms with Crippen molar-refractivity contribution in [2.75, 3.05) is 14.1 Å². The number of hydrogen-bond acceptors (Lipinski definition) is 5. The number of nitrogens with zero attached hydrogens (tertiary/aromatic N) is 1. The molecule has 4 N–H and O–H groups in total. The predicted molar refractivity (Wildman–Crippen MR) is 90.5 cm³/mol. The van der Waals surface area contributed by atoms with E-state index >= 15 is 0 Å². The highest BCUT2D eigenvalue weighted by Gasteiger charge is 2.30. The van der Waals surface area contributed by atoms with Gasteiger partial charge in [0.1, 0.15) is 0 Å². The fourth-order valence-corrected chi connectivity index (χ4v) is 3.65. The Labute approximate surface area is 142 Å². The Morgan fingerprint density at radius 3 is 2.46 bits per heavy atom. The molecule has 0 aromatic heterocycles. The highest BCUT2D eigenvalue weighted by atomic mass is 32.2. The van der Waals surface area contributed by atoms with Crippen LogP contribution in [0.3, 0.4) is 0 Å². The van der Waals surface area contributed by atoms with Gasteiger partial charge >= 0.3 is 0 Å². The van der Waals surface area contributed by atoms with Crippen LogP contribution in [-0.2, 0) is 21.4 Å². The quantitative estimate of drug-likeness (QED) is 0.690. The summed E-state index contributed by atoms with van der Waals surface area (Å²) >= 11 is 0. The second-order valence-electron chi connectivity index (χ2n) is 6.39. The standard InChI is InChI=1S/C16H25N3O4S/c1-19(2)24(22,23)13-6-3-11(4-7-13)10-18-16(21)12-5-8-15(20)14(17)9-12/h3-4,6-7,12,14-15,20H,5,8-10,17H2,1-2H3,(H,18,21)/t12-,14+,15+/m0/s1. The van der Waals surface area contributed by atoms with Crippen LogP contribution in [0.5, 0.6) is 0 Å². The number of rotatable bonds is 5. The summed E-state index contributed by atoms with van der Waals surface area (Å²) in [4.78, 5) is 12.4. The van der Waals surface area contributed by atoms with Crippen LogP contribution in [0.15, 0.2) is 29.2 Å². The van der Waals surface area contributed by atoms with Crippen LogP contribution in [0.4, 0.5) is 0 Å². The van der Waals surface area contributed by atoms with Crippen molar-refractivity contribution in [2.45, 2.75) is 42.8 Å². The average Bonchev–Trinajstić information content (AvgIpc) is 2.55. The zero-order valence-corrected chi connectivity index (χ0v) is 14.8. The lowest BCUT2D eigenvalue weighted by molar-refractivity contribution is -0.127. The van der Waals surface area contributed by atoms with Crippen LogP contribution in [0, 0.1) is 5.92 Å². The van der Waals surface area contributed by atoms with Crippen LogP contribution in [0.25, 0.3) is 0 Å². The van der Waals surface area contributed by atoms with Crippen molar-refractivity contribution in [3.05, 3.63) is 29.8 Å². The summed E-state index contributed by atoms with van der Waals surface area (Å²) in [5.41, 5.74) is 6.63. The molecule has 0 radical (unpaired) electrons. The Balaban J connectivity index is 1.92. The number of amides is 1. The first kappa shape index (κ1) is 18.9. The van der Waals surface area contributed by atoms with Crippen molar-refractivity contribution in [1.29, 1.82) is 0 Å². The van der Waals surface area contributed by atoms with Crippen molar-refractivity contribution in [2.24, 2.45) is 11.7 Å². The fraction of sp³-hybridized carbons (Fsp3) is 0.562. The number of hydrogen-bond donors (Lipinski definition) is 3. The lowest BCUT2D eigenvalue weighted by atomic mass is 9.83. The lowest BCUT2D eigenvalue weighted by Gasteiger charge is -2.30. The van der Waals surface area contributed by atoms with Gasteiger partial charge in [-0.05, 0) is 37.0 Å². The Morgan fingerprint density at radius 2 is 1.92 bits per heavy atom. The van der Waals surface area contributed by atoms with Gasteiger partial charge in [-0.3, -0.25) is 4.79 Å². The van der Waals surface area contributed by atoms with Crippen LogP contribution in [-0.4, -0.2) is 50.0 Å². The number of aliphatic hydroxyl groups excluding tert-OH is 1. The molecule has 24 heavy (non-hydrogen) atoms. The molecule has 134 valence electrons. The molecular weight excluding hydrogens is 330 g/mol. The Kier molecular flexibility index (Phi) is 5.97. The molecule has 0 unspecified atom stereocenters. The molecule has 2 rings (SSSR count). The normalized spacial score (nSPS) is 24.8. The van der Waals surface area contributed by atoms with Gasteiger partial charge in [0.2, 0.25) is 15.9 Å². The van der Waals surface area contributed by atoms with Gasteiger partial charge in [-0.2, -0.15) is 0 Å². The Bertz CT molecular complexity index is 673. The largest absolute Gasteiger partial charge is 0.392 e. The maximum absolute atomic E-state index is 12.2. The topological polar surface area (TPSA) is 113 Å². The summed E-state index contributed by atoms with van der Waals surface area (Å²) < 4.78 is 25.2. The van der Waals surface area contributed by atoms with Crippen LogP contribution in [0.2, 0.25) is 0 Å². The second-order valence-corrected chi connectivity index (χ2v) is 8.54. The fourth-order valence-electron chi connectivity index (χ4n) is 2.75. The van der Waals surface area contributed by atoms with Gasteiger partial charge < -0.3 is 16.2 Å². The minimum atomic E-state index is -3.45. The molecule has 0 heterocycles. The molecule has 0 aliphatic heterocycles. The number of nitrogens with two attached hydrogens (primary N) is 1. The molecule has 1 fully saturated rings. The van der Waals surface area contributed by atoms with Crippen molar-refractivity contribution in [3.8, 4) is 0 Å². The van der Waals surface area contributed by atoms with E-state index in [1.54, 1.807) is 12.1 Å². The molecule has 1 aliphatic rings. The van der Waals surface area contributed by atoms with E-state index in [2.05, 4.69) is 5.32 Å². The predicted octanol–water partition coefficient (Wildman–Crippen LogP) is 0.0414. The van der Waals surface area contributed by atoms with Crippen molar-refractivity contribution >= 4 is 15.9 Å². The molecule has 1 aromatic rings. The minimum absolute atomic E-state index is 0.0812. The third-order valence-corrected chi connectivity index (χ3v) is 6.23. The van der Waals surface area contributed by atoms with E-state index < -0.39 is 16.1 Å². The van der Waals surface area contributed by atoms with Crippen molar-refractivity contribution in [1.82, 2.24) is 9.62 Å². The third kappa shape index (κ3) is 4.32. The van der Waals surface area contributed by atoms with E-state index in [0.29, 0.717) is 25.8 Å². The first-order valence-corrected chi connectivity index (χ1v) is 9.38. The van der Waals surface area contributed by atoms with E-state index in [1.807, 2.05) is 0 Å². The van der Waals surface area contributed by atoms with Gasteiger partial charge in [0.05, 0.1) is 11.0 Å².